The predicted molar refractivity (Wildman–Crippen MR) is 81.5 cm³/mol. The molecule has 0 aliphatic rings. The summed E-state index contributed by atoms with van der Waals surface area (Å²) in [4.78, 5) is 11.9. The second kappa shape index (κ2) is 6.73. The minimum absolute atomic E-state index is 0.00376. The minimum Gasteiger partial charge on any atom is -0.484 e. The molecule has 1 amide bonds. The lowest BCUT2D eigenvalue weighted by molar-refractivity contribution is -0.137. The maximum atomic E-state index is 12.6. The van der Waals surface area contributed by atoms with Gasteiger partial charge in [-0.2, -0.15) is 13.2 Å². The van der Waals surface area contributed by atoms with Crippen molar-refractivity contribution >= 4 is 11.6 Å². The molecule has 122 valence electrons. The molecule has 0 heterocycles. The molecule has 0 aliphatic carbocycles. The molecule has 3 nitrogen and oxygen atoms in total. The fraction of sp³-hybridized carbons (Fsp3) is 0.235. The van der Waals surface area contributed by atoms with E-state index >= 15 is 0 Å². The van der Waals surface area contributed by atoms with Gasteiger partial charge in [0.2, 0.25) is 0 Å². The average molecular weight is 323 g/mol. The molecular formula is C17H16F3NO2. The van der Waals surface area contributed by atoms with Gasteiger partial charge in [-0.15, -0.1) is 0 Å². The molecule has 0 saturated carbocycles. The molecule has 6 heteroatoms. The summed E-state index contributed by atoms with van der Waals surface area (Å²) in [5.41, 5.74) is 1.72. The van der Waals surface area contributed by atoms with Gasteiger partial charge in [0, 0.05) is 5.69 Å². The lowest BCUT2D eigenvalue weighted by Gasteiger charge is -2.12. The number of nitrogens with one attached hydrogen (secondary N) is 1. The molecule has 23 heavy (non-hydrogen) atoms. The molecule has 0 radical (unpaired) electrons. The Kier molecular flexibility index (Phi) is 4.93. The normalized spacial score (nSPS) is 11.2. The van der Waals surface area contributed by atoms with Crippen LogP contribution in [-0.4, -0.2) is 12.5 Å². The van der Waals surface area contributed by atoms with Crippen LogP contribution in [0, 0.1) is 13.8 Å². The zero-order valence-corrected chi connectivity index (χ0v) is 12.7. The van der Waals surface area contributed by atoms with E-state index in [4.69, 9.17) is 4.74 Å². The third-order valence-electron chi connectivity index (χ3n) is 3.20. The van der Waals surface area contributed by atoms with Crippen LogP contribution in [0.5, 0.6) is 5.75 Å². The van der Waals surface area contributed by atoms with Crippen molar-refractivity contribution in [2.45, 2.75) is 20.0 Å². The molecule has 1 N–H and O–H groups in total. The highest BCUT2D eigenvalue weighted by Gasteiger charge is 2.30. The highest BCUT2D eigenvalue weighted by atomic mass is 19.4. The molecule has 0 spiro atoms. The number of hydrogen-bond donors (Lipinski definition) is 1. The summed E-state index contributed by atoms with van der Waals surface area (Å²) in [6.07, 6.45) is -4.44. The van der Waals surface area contributed by atoms with E-state index in [9.17, 15) is 18.0 Å². The van der Waals surface area contributed by atoms with Gasteiger partial charge in [-0.25, -0.2) is 0 Å². The van der Waals surface area contributed by atoms with Gasteiger partial charge in [0.25, 0.3) is 5.91 Å². The molecular weight excluding hydrogens is 307 g/mol. The fourth-order valence-corrected chi connectivity index (χ4v) is 1.97. The number of anilines is 1. The molecule has 0 bridgehead atoms. The summed E-state index contributed by atoms with van der Waals surface area (Å²) in [6.45, 7) is 3.38. The quantitative estimate of drug-likeness (QED) is 0.909. The van der Waals surface area contributed by atoms with Crippen LogP contribution in [0.2, 0.25) is 0 Å². The van der Waals surface area contributed by atoms with E-state index in [1.807, 2.05) is 32.0 Å². The second-order valence-electron chi connectivity index (χ2n) is 5.18. The van der Waals surface area contributed by atoms with E-state index < -0.39 is 17.6 Å². The molecule has 2 aromatic rings. The third-order valence-corrected chi connectivity index (χ3v) is 3.20. The van der Waals surface area contributed by atoms with Crippen molar-refractivity contribution in [2.75, 3.05) is 11.9 Å². The highest BCUT2D eigenvalue weighted by molar-refractivity contribution is 5.92. The Balaban J connectivity index is 1.98. The number of halogens is 3. The lowest BCUT2D eigenvalue weighted by Crippen LogP contribution is -2.20. The van der Waals surface area contributed by atoms with E-state index in [0.717, 1.165) is 23.3 Å². The lowest BCUT2D eigenvalue weighted by atomic mass is 10.1. The monoisotopic (exact) mass is 323 g/mol. The van der Waals surface area contributed by atoms with E-state index in [1.165, 1.54) is 12.1 Å². The van der Waals surface area contributed by atoms with Crippen molar-refractivity contribution in [3.63, 3.8) is 0 Å². The smallest absolute Gasteiger partial charge is 0.416 e. The van der Waals surface area contributed by atoms with Gasteiger partial charge in [-0.3, -0.25) is 4.79 Å². The van der Waals surface area contributed by atoms with Gasteiger partial charge in [0.1, 0.15) is 5.75 Å². The summed E-state index contributed by atoms with van der Waals surface area (Å²) in [6, 6.07) is 10.0. The van der Waals surface area contributed by atoms with E-state index in [2.05, 4.69) is 5.32 Å². The van der Waals surface area contributed by atoms with Gasteiger partial charge in [0.05, 0.1) is 5.56 Å². The average Bonchev–Trinajstić information content (AvgIpc) is 2.48. The summed E-state index contributed by atoms with van der Waals surface area (Å²) < 4.78 is 42.9. The Bertz CT molecular complexity index is 711. The molecule has 0 atom stereocenters. The first-order valence-electron chi connectivity index (χ1n) is 6.93. The Morgan fingerprint density at radius 2 is 1.87 bits per heavy atom. The molecule has 0 aromatic heterocycles. The number of benzene rings is 2. The van der Waals surface area contributed by atoms with Crippen molar-refractivity contribution in [2.24, 2.45) is 0 Å². The first-order chi connectivity index (χ1) is 10.8. The number of hydrogen-bond acceptors (Lipinski definition) is 2. The first-order valence-corrected chi connectivity index (χ1v) is 6.93. The van der Waals surface area contributed by atoms with Crippen molar-refractivity contribution in [3.05, 3.63) is 59.2 Å². The Hall–Kier alpha value is -2.50. The molecule has 0 unspecified atom stereocenters. The first kappa shape index (κ1) is 16.9. The van der Waals surface area contributed by atoms with Crippen LogP contribution >= 0.6 is 0 Å². The van der Waals surface area contributed by atoms with Crippen molar-refractivity contribution in [3.8, 4) is 5.75 Å². The van der Waals surface area contributed by atoms with Gasteiger partial charge in [-0.1, -0.05) is 18.2 Å². The van der Waals surface area contributed by atoms with Crippen molar-refractivity contribution in [1.82, 2.24) is 0 Å². The summed E-state index contributed by atoms with van der Waals surface area (Å²) in [7, 11) is 0. The van der Waals surface area contributed by atoms with Gasteiger partial charge in [0.15, 0.2) is 6.61 Å². The summed E-state index contributed by atoms with van der Waals surface area (Å²) in [5, 5.41) is 2.68. The molecule has 0 saturated heterocycles. The number of rotatable bonds is 4. The van der Waals surface area contributed by atoms with Crippen LogP contribution in [0.25, 0.3) is 0 Å². The van der Waals surface area contributed by atoms with Gasteiger partial charge in [-0.05, 0) is 49.2 Å². The molecule has 2 aromatic carbocycles. The van der Waals surface area contributed by atoms with E-state index in [1.54, 1.807) is 0 Å². The Morgan fingerprint density at radius 1 is 1.13 bits per heavy atom. The van der Waals surface area contributed by atoms with Crippen LogP contribution in [0.1, 0.15) is 16.7 Å². The zero-order valence-electron chi connectivity index (χ0n) is 12.7. The topological polar surface area (TPSA) is 38.3 Å². The zero-order chi connectivity index (χ0) is 17.0. The number of carbonyl (C=O) groups excluding carboxylic acids is 1. The predicted octanol–water partition coefficient (Wildman–Crippen LogP) is 4.34. The second-order valence-corrected chi connectivity index (χ2v) is 5.18. The number of carbonyl (C=O) groups is 1. The van der Waals surface area contributed by atoms with Gasteiger partial charge < -0.3 is 10.1 Å². The van der Waals surface area contributed by atoms with Crippen molar-refractivity contribution in [1.29, 1.82) is 0 Å². The molecule has 0 aliphatic heterocycles. The Labute approximate surface area is 132 Å². The van der Waals surface area contributed by atoms with E-state index in [-0.39, 0.29) is 12.4 Å². The van der Waals surface area contributed by atoms with Crippen molar-refractivity contribution < 1.29 is 22.7 Å². The Morgan fingerprint density at radius 3 is 2.57 bits per heavy atom. The summed E-state index contributed by atoms with van der Waals surface area (Å²) >= 11 is 0. The number of aryl methyl sites for hydroxylation is 2. The largest absolute Gasteiger partial charge is 0.484 e. The van der Waals surface area contributed by atoms with Crippen LogP contribution < -0.4 is 10.1 Å². The molecule has 0 fully saturated rings. The van der Waals surface area contributed by atoms with Crippen LogP contribution in [-0.2, 0) is 11.0 Å². The maximum Gasteiger partial charge on any atom is 0.416 e. The standard InChI is InChI=1S/C17H16F3NO2/c1-11-6-7-12(2)15(8-11)21-16(22)10-23-14-5-3-4-13(9-14)17(18,19)20/h3-9H,10H2,1-2H3,(H,21,22). The SMILES string of the molecule is Cc1ccc(C)c(NC(=O)COc2cccc(C(F)(F)F)c2)c1. The number of alkyl halides is 3. The maximum absolute atomic E-state index is 12.6. The van der Waals surface area contributed by atoms with E-state index in [0.29, 0.717) is 5.69 Å². The third kappa shape index (κ3) is 4.74. The highest BCUT2D eigenvalue weighted by Crippen LogP contribution is 2.31. The fourth-order valence-electron chi connectivity index (χ4n) is 1.97. The summed E-state index contributed by atoms with van der Waals surface area (Å²) in [5.74, 6) is -0.438. The van der Waals surface area contributed by atoms with Crippen LogP contribution in [0.4, 0.5) is 18.9 Å². The van der Waals surface area contributed by atoms with Crippen LogP contribution in [0.3, 0.4) is 0 Å². The number of ether oxygens (including phenoxy) is 1. The van der Waals surface area contributed by atoms with Gasteiger partial charge >= 0.3 is 6.18 Å². The van der Waals surface area contributed by atoms with Crippen LogP contribution in [0.15, 0.2) is 42.5 Å². The minimum atomic E-state index is -4.44. The number of amides is 1. The molecule has 2 rings (SSSR count).